The van der Waals surface area contributed by atoms with Crippen LogP contribution in [0.15, 0.2) is 0 Å². The first-order valence-corrected chi connectivity index (χ1v) is 8.00. The molecule has 0 spiro atoms. The molecule has 0 aromatic carbocycles. The molecule has 0 amide bonds. The highest BCUT2D eigenvalue weighted by Crippen LogP contribution is 2.38. The maximum absolute atomic E-state index is 12.6. The number of alkyl halides is 3. The van der Waals surface area contributed by atoms with Crippen LogP contribution in [-0.4, -0.2) is 55.0 Å². The average molecular weight is 308 g/mol. The number of aliphatic hydroxyl groups excluding tert-OH is 1. The summed E-state index contributed by atoms with van der Waals surface area (Å²) in [6, 6.07) is 0. The lowest BCUT2D eigenvalue weighted by Crippen LogP contribution is -2.50. The van der Waals surface area contributed by atoms with E-state index in [-0.39, 0.29) is 25.0 Å². The summed E-state index contributed by atoms with van der Waals surface area (Å²) in [6.07, 6.45) is 0.577. The fraction of sp³-hybridized carbons (Fsp3) is 1.00. The van der Waals surface area contributed by atoms with Gasteiger partial charge >= 0.3 is 6.18 Å². The van der Waals surface area contributed by atoms with Crippen molar-refractivity contribution in [1.82, 2.24) is 10.2 Å². The standard InChI is InChI=1S/C15H27F3N2O/c1-19-14(11-21)7-2-3-12(14)4-8-20-9-5-13(6-10-20)15(16,17)18/h12-13,19,21H,2-11H2,1H3. The first-order chi connectivity index (χ1) is 9.91. The molecule has 0 bridgehead atoms. The monoisotopic (exact) mass is 308 g/mol. The summed E-state index contributed by atoms with van der Waals surface area (Å²) in [5.41, 5.74) is -0.176. The molecule has 0 aromatic rings. The van der Waals surface area contributed by atoms with E-state index in [0.717, 1.165) is 32.2 Å². The normalized spacial score (nSPS) is 32.7. The van der Waals surface area contributed by atoms with Crippen molar-refractivity contribution >= 4 is 0 Å². The Labute approximate surface area is 124 Å². The molecule has 2 fully saturated rings. The van der Waals surface area contributed by atoms with E-state index in [1.165, 1.54) is 0 Å². The van der Waals surface area contributed by atoms with Crippen LogP contribution in [0.25, 0.3) is 0 Å². The molecule has 2 N–H and O–H groups in total. The summed E-state index contributed by atoms with van der Waals surface area (Å²) < 4.78 is 37.9. The van der Waals surface area contributed by atoms with E-state index >= 15 is 0 Å². The van der Waals surface area contributed by atoms with Gasteiger partial charge in [-0.1, -0.05) is 6.42 Å². The van der Waals surface area contributed by atoms with E-state index in [1.807, 2.05) is 7.05 Å². The van der Waals surface area contributed by atoms with Crippen LogP contribution in [-0.2, 0) is 0 Å². The predicted octanol–water partition coefficient (Wildman–Crippen LogP) is 2.40. The largest absolute Gasteiger partial charge is 0.394 e. The molecule has 1 aliphatic heterocycles. The van der Waals surface area contributed by atoms with E-state index in [1.54, 1.807) is 0 Å². The highest BCUT2D eigenvalue weighted by atomic mass is 19.4. The SMILES string of the molecule is CNC1(CO)CCCC1CCN1CCC(C(F)(F)F)CC1. The summed E-state index contributed by atoms with van der Waals surface area (Å²) in [4.78, 5) is 2.15. The molecule has 1 saturated carbocycles. The van der Waals surface area contributed by atoms with Crippen LogP contribution in [0.4, 0.5) is 13.2 Å². The lowest BCUT2D eigenvalue weighted by molar-refractivity contribution is -0.185. The van der Waals surface area contributed by atoms with E-state index in [2.05, 4.69) is 10.2 Å². The van der Waals surface area contributed by atoms with Gasteiger partial charge in [0.25, 0.3) is 0 Å². The Hall–Kier alpha value is -0.330. The van der Waals surface area contributed by atoms with Crippen LogP contribution in [0.1, 0.15) is 38.5 Å². The third-order valence-corrected chi connectivity index (χ3v) is 5.58. The number of likely N-dealkylation sites (N-methyl/N-ethyl adjacent to an activating group) is 1. The van der Waals surface area contributed by atoms with Crippen molar-refractivity contribution in [2.45, 2.75) is 50.2 Å². The summed E-state index contributed by atoms with van der Waals surface area (Å²) >= 11 is 0. The Morgan fingerprint density at radius 2 is 1.90 bits per heavy atom. The van der Waals surface area contributed by atoms with E-state index in [0.29, 0.717) is 19.0 Å². The number of halogens is 3. The molecule has 2 atom stereocenters. The number of rotatable bonds is 5. The maximum atomic E-state index is 12.6. The minimum Gasteiger partial charge on any atom is -0.394 e. The van der Waals surface area contributed by atoms with Gasteiger partial charge in [-0.05, 0) is 64.7 Å². The van der Waals surface area contributed by atoms with Gasteiger partial charge < -0.3 is 15.3 Å². The number of aliphatic hydroxyl groups is 1. The maximum Gasteiger partial charge on any atom is 0.391 e. The topological polar surface area (TPSA) is 35.5 Å². The van der Waals surface area contributed by atoms with Gasteiger partial charge in [-0.2, -0.15) is 13.2 Å². The van der Waals surface area contributed by atoms with Gasteiger partial charge in [0.2, 0.25) is 0 Å². The molecule has 0 radical (unpaired) electrons. The van der Waals surface area contributed by atoms with Crippen molar-refractivity contribution in [3.05, 3.63) is 0 Å². The second kappa shape index (κ2) is 6.84. The van der Waals surface area contributed by atoms with Gasteiger partial charge in [0.05, 0.1) is 12.5 Å². The highest BCUT2D eigenvalue weighted by Gasteiger charge is 2.42. The number of piperidine rings is 1. The van der Waals surface area contributed by atoms with Crippen molar-refractivity contribution in [2.75, 3.05) is 33.3 Å². The van der Waals surface area contributed by atoms with Gasteiger partial charge in [-0.3, -0.25) is 0 Å². The molecule has 1 aliphatic carbocycles. The van der Waals surface area contributed by atoms with Crippen molar-refractivity contribution in [1.29, 1.82) is 0 Å². The van der Waals surface area contributed by atoms with Gasteiger partial charge in [-0.25, -0.2) is 0 Å². The minimum atomic E-state index is -4.03. The molecule has 124 valence electrons. The minimum absolute atomic E-state index is 0.143. The highest BCUT2D eigenvalue weighted by molar-refractivity contribution is 4.98. The quantitative estimate of drug-likeness (QED) is 0.819. The van der Waals surface area contributed by atoms with Gasteiger partial charge in [0.1, 0.15) is 0 Å². The molecule has 6 heteroatoms. The van der Waals surface area contributed by atoms with Crippen LogP contribution < -0.4 is 5.32 Å². The predicted molar refractivity (Wildman–Crippen MR) is 76.1 cm³/mol. The summed E-state index contributed by atoms with van der Waals surface area (Å²) in [5.74, 6) is -0.693. The summed E-state index contributed by atoms with van der Waals surface area (Å²) in [7, 11) is 1.89. The van der Waals surface area contributed by atoms with E-state index in [9.17, 15) is 18.3 Å². The number of likely N-dealkylation sites (tertiary alicyclic amines) is 1. The number of nitrogens with zero attached hydrogens (tertiary/aromatic N) is 1. The molecule has 2 rings (SSSR count). The zero-order valence-electron chi connectivity index (χ0n) is 12.8. The zero-order chi connectivity index (χ0) is 15.5. The van der Waals surface area contributed by atoms with Gasteiger partial charge in [0.15, 0.2) is 0 Å². The third kappa shape index (κ3) is 3.90. The third-order valence-electron chi connectivity index (χ3n) is 5.58. The zero-order valence-corrected chi connectivity index (χ0v) is 12.8. The fourth-order valence-electron chi connectivity index (χ4n) is 4.00. The number of nitrogens with one attached hydrogen (secondary N) is 1. The van der Waals surface area contributed by atoms with Crippen LogP contribution in [0.2, 0.25) is 0 Å². The van der Waals surface area contributed by atoms with Gasteiger partial charge in [0, 0.05) is 5.54 Å². The summed E-state index contributed by atoms with van der Waals surface area (Å²) in [5, 5.41) is 12.9. The molecular weight excluding hydrogens is 281 g/mol. The van der Waals surface area contributed by atoms with Crippen LogP contribution >= 0.6 is 0 Å². The van der Waals surface area contributed by atoms with Crippen molar-refractivity contribution < 1.29 is 18.3 Å². The van der Waals surface area contributed by atoms with Gasteiger partial charge in [-0.15, -0.1) is 0 Å². The first kappa shape index (κ1) is 17.0. The van der Waals surface area contributed by atoms with Crippen LogP contribution in [0.5, 0.6) is 0 Å². The van der Waals surface area contributed by atoms with Crippen LogP contribution in [0, 0.1) is 11.8 Å². The van der Waals surface area contributed by atoms with Crippen molar-refractivity contribution in [2.24, 2.45) is 11.8 Å². The first-order valence-electron chi connectivity index (χ1n) is 8.00. The lowest BCUT2D eigenvalue weighted by Gasteiger charge is -2.37. The van der Waals surface area contributed by atoms with E-state index < -0.39 is 12.1 Å². The Balaban J connectivity index is 1.77. The molecule has 3 nitrogen and oxygen atoms in total. The molecule has 1 heterocycles. The molecule has 2 aliphatic rings. The Bertz CT molecular complexity index is 323. The Morgan fingerprint density at radius 1 is 1.24 bits per heavy atom. The molecule has 0 aromatic heterocycles. The molecule has 1 saturated heterocycles. The second-order valence-corrected chi connectivity index (χ2v) is 6.60. The Kier molecular flexibility index (Phi) is 5.54. The average Bonchev–Trinajstić information content (AvgIpc) is 2.88. The Morgan fingerprint density at radius 3 is 2.43 bits per heavy atom. The van der Waals surface area contributed by atoms with Crippen molar-refractivity contribution in [3.8, 4) is 0 Å². The molecule has 21 heavy (non-hydrogen) atoms. The number of hydrogen-bond acceptors (Lipinski definition) is 3. The second-order valence-electron chi connectivity index (χ2n) is 6.60. The lowest BCUT2D eigenvalue weighted by atomic mass is 9.85. The number of hydrogen-bond donors (Lipinski definition) is 2. The smallest absolute Gasteiger partial charge is 0.391 e. The molecule has 2 unspecified atom stereocenters. The fourth-order valence-corrected chi connectivity index (χ4v) is 4.00. The van der Waals surface area contributed by atoms with Crippen molar-refractivity contribution in [3.63, 3.8) is 0 Å². The summed E-state index contributed by atoms with van der Waals surface area (Å²) in [6.45, 7) is 2.08. The molecular formula is C15H27F3N2O. The van der Waals surface area contributed by atoms with E-state index in [4.69, 9.17) is 0 Å². The van der Waals surface area contributed by atoms with Crippen LogP contribution in [0.3, 0.4) is 0 Å².